The van der Waals surface area contributed by atoms with Gasteiger partial charge < -0.3 is 4.43 Å². The molecule has 0 bridgehead atoms. The molecule has 1 nitrogen and oxygen atoms in total. The van der Waals surface area contributed by atoms with Crippen molar-refractivity contribution in [1.82, 2.24) is 0 Å². The van der Waals surface area contributed by atoms with Crippen LogP contribution in [0.3, 0.4) is 0 Å². The lowest BCUT2D eigenvalue weighted by molar-refractivity contribution is 0.186. The van der Waals surface area contributed by atoms with E-state index in [1.54, 1.807) is 0 Å². The normalized spacial score (nSPS) is 32.1. The average molecular weight is 264 g/mol. The second kappa shape index (κ2) is 4.26. The average Bonchev–Trinajstić information content (AvgIpc) is 2.58. The van der Waals surface area contributed by atoms with Crippen LogP contribution in [0.4, 0.5) is 0 Å². The molecule has 0 N–H and O–H groups in total. The second-order valence-corrected chi connectivity index (χ2v) is 12.5. The van der Waals surface area contributed by atoms with Crippen LogP contribution in [0.15, 0.2) is 24.0 Å². The quantitative estimate of drug-likeness (QED) is 0.488. The topological polar surface area (TPSA) is 9.23 Å². The van der Waals surface area contributed by atoms with Crippen LogP contribution in [0.25, 0.3) is 0 Å². The van der Waals surface area contributed by atoms with Crippen LogP contribution in [-0.4, -0.2) is 8.32 Å². The number of allylic oxidation sites excluding steroid dienone is 3. The first-order valence-electron chi connectivity index (χ1n) is 7.21. The van der Waals surface area contributed by atoms with Crippen molar-refractivity contribution in [3.8, 4) is 0 Å². The zero-order chi connectivity index (χ0) is 13.6. The Morgan fingerprint density at radius 2 is 2.00 bits per heavy atom. The van der Waals surface area contributed by atoms with Gasteiger partial charge in [0.1, 0.15) is 0 Å². The Morgan fingerprint density at radius 1 is 1.33 bits per heavy atom. The van der Waals surface area contributed by atoms with E-state index >= 15 is 0 Å². The molecule has 0 saturated carbocycles. The molecule has 102 valence electrons. The van der Waals surface area contributed by atoms with E-state index in [0.717, 1.165) is 0 Å². The Labute approximate surface area is 113 Å². The molecule has 0 aromatic heterocycles. The molecular formula is C16H28OSi. The highest BCUT2D eigenvalue weighted by Crippen LogP contribution is 2.51. The molecule has 0 aliphatic heterocycles. The van der Waals surface area contributed by atoms with Crippen molar-refractivity contribution in [2.45, 2.75) is 65.1 Å². The first kappa shape index (κ1) is 13.9. The monoisotopic (exact) mass is 264 g/mol. The van der Waals surface area contributed by atoms with Crippen LogP contribution >= 0.6 is 0 Å². The number of fused-ring (bicyclic) bond motifs is 1. The van der Waals surface area contributed by atoms with Crippen LogP contribution in [0, 0.1) is 11.3 Å². The maximum Gasteiger partial charge on any atom is 0.250 e. The lowest BCUT2D eigenvalue weighted by atomic mass is 9.71. The molecule has 2 rings (SSSR count). The van der Waals surface area contributed by atoms with Gasteiger partial charge in [-0.2, -0.15) is 0 Å². The van der Waals surface area contributed by atoms with Crippen LogP contribution in [-0.2, 0) is 4.43 Å². The molecule has 0 aromatic rings. The molecule has 0 radical (unpaired) electrons. The van der Waals surface area contributed by atoms with Gasteiger partial charge in [0, 0.05) is 5.92 Å². The fourth-order valence-corrected chi connectivity index (χ4v) is 3.86. The van der Waals surface area contributed by atoms with Gasteiger partial charge in [0.05, 0.1) is 5.76 Å². The van der Waals surface area contributed by atoms with Gasteiger partial charge in [-0.3, -0.25) is 0 Å². The Hall–Kier alpha value is -0.503. The molecule has 2 aliphatic rings. The summed E-state index contributed by atoms with van der Waals surface area (Å²) in [5.74, 6) is 1.80. The summed E-state index contributed by atoms with van der Waals surface area (Å²) in [6.07, 6.45) is 10.8. The molecule has 0 fully saturated rings. The molecule has 2 heteroatoms. The zero-order valence-corrected chi connectivity index (χ0v) is 13.8. The van der Waals surface area contributed by atoms with E-state index in [1.165, 1.54) is 25.0 Å². The first-order valence-corrected chi connectivity index (χ1v) is 10.1. The van der Waals surface area contributed by atoms with Crippen molar-refractivity contribution in [3.05, 3.63) is 24.0 Å². The summed E-state index contributed by atoms with van der Waals surface area (Å²) in [6.45, 7) is 14.0. The zero-order valence-electron chi connectivity index (χ0n) is 12.8. The van der Waals surface area contributed by atoms with E-state index in [2.05, 4.69) is 59.0 Å². The third-order valence-electron chi connectivity index (χ3n) is 5.21. The van der Waals surface area contributed by atoms with Crippen molar-refractivity contribution < 1.29 is 4.43 Å². The molecule has 0 spiro atoms. The van der Waals surface area contributed by atoms with Crippen LogP contribution < -0.4 is 0 Å². The van der Waals surface area contributed by atoms with Crippen LogP contribution in [0.5, 0.6) is 0 Å². The van der Waals surface area contributed by atoms with Crippen LogP contribution in [0.1, 0.15) is 47.0 Å². The fourth-order valence-electron chi connectivity index (χ4n) is 2.75. The summed E-state index contributed by atoms with van der Waals surface area (Å²) in [5.41, 5.74) is 0.423. The molecule has 0 saturated heterocycles. The standard InChI is InChI=1S/C16H28OSi/c1-15(2,3)18(5,6)17-14-10-8-12-16(4)11-7-9-13(14)16/h7,9-10,13H,8,11-12H2,1-6H3/t13-,16+/m0/s1. The van der Waals surface area contributed by atoms with Crippen molar-refractivity contribution in [1.29, 1.82) is 0 Å². The number of hydrogen-bond donors (Lipinski definition) is 0. The summed E-state index contributed by atoms with van der Waals surface area (Å²) in [6, 6.07) is 0. The van der Waals surface area contributed by atoms with Crippen molar-refractivity contribution in [2.24, 2.45) is 11.3 Å². The van der Waals surface area contributed by atoms with Gasteiger partial charge in [-0.25, -0.2) is 0 Å². The summed E-state index contributed by atoms with van der Waals surface area (Å²) in [4.78, 5) is 0. The molecular weight excluding hydrogens is 236 g/mol. The summed E-state index contributed by atoms with van der Waals surface area (Å²) >= 11 is 0. The highest BCUT2D eigenvalue weighted by atomic mass is 28.4. The number of rotatable bonds is 2. The van der Waals surface area contributed by atoms with Gasteiger partial charge in [0.25, 0.3) is 0 Å². The first-order chi connectivity index (χ1) is 8.16. The fraction of sp³-hybridized carbons (Fsp3) is 0.750. The van der Waals surface area contributed by atoms with Gasteiger partial charge in [-0.1, -0.05) is 39.8 Å². The Kier molecular flexibility index (Phi) is 3.29. The largest absolute Gasteiger partial charge is 0.546 e. The third-order valence-corrected chi connectivity index (χ3v) is 9.57. The minimum absolute atomic E-state index is 0.282. The maximum atomic E-state index is 6.57. The lowest BCUT2D eigenvalue weighted by Gasteiger charge is -2.43. The van der Waals surface area contributed by atoms with Gasteiger partial charge in [-0.15, -0.1) is 0 Å². The highest BCUT2D eigenvalue weighted by molar-refractivity contribution is 6.74. The van der Waals surface area contributed by atoms with Crippen LogP contribution in [0.2, 0.25) is 18.1 Å². The molecule has 0 aromatic carbocycles. The van der Waals surface area contributed by atoms with Gasteiger partial charge >= 0.3 is 0 Å². The SMILES string of the molecule is CC(C)(C)[Si](C)(C)OC1=CCC[C@@]2(C)CC=C[C@@H]12. The summed E-state index contributed by atoms with van der Waals surface area (Å²) in [7, 11) is -1.69. The van der Waals surface area contributed by atoms with E-state index < -0.39 is 8.32 Å². The highest BCUT2D eigenvalue weighted by Gasteiger charge is 2.45. The predicted octanol–water partition coefficient (Wildman–Crippen LogP) is 5.27. The van der Waals surface area contributed by atoms with E-state index in [9.17, 15) is 0 Å². The molecule has 2 atom stereocenters. The van der Waals surface area contributed by atoms with Gasteiger partial charge in [0.2, 0.25) is 8.32 Å². The second-order valence-electron chi connectivity index (χ2n) is 7.77. The summed E-state index contributed by atoms with van der Waals surface area (Å²) in [5, 5.41) is 0.282. The lowest BCUT2D eigenvalue weighted by Crippen LogP contribution is -2.42. The molecule has 0 heterocycles. The Morgan fingerprint density at radius 3 is 2.61 bits per heavy atom. The van der Waals surface area contributed by atoms with Gasteiger partial charge in [-0.05, 0) is 48.9 Å². The van der Waals surface area contributed by atoms with E-state index in [0.29, 0.717) is 11.3 Å². The van der Waals surface area contributed by atoms with Gasteiger partial charge in [0.15, 0.2) is 0 Å². The summed E-state index contributed by atoms with van der Waals surface area (Å²) < 4.78 is 6.57. The molecule has 18 heavy (non-hydrogen) atoms. The Bertz CT molecular complexity index is 386. The van der Waals surface area contributed by atoms with E-state index in [4.69, 9.17) is 4.43 Å². The maximum absolute atomic E-state index is 6.57. The molecule has 0 amide bonds. The van der Waals surface area contributed by atoms with Crippen molar-refractivity contribution >= 4 is 8.32 Å². The molecule has 0 unspecified atom stereocenters. The Balaban J connectivity index is 2.20. The smallest absolute Gasteiger partial charge is 0.250 e. The third kappa shape index (κ3) is 2.32. The van der Waals surface area contributed by atoms with E-state index in [-0.39, 0.29) is 5.04 Å². The minimum atomic E-state index is -1.69. The predicted molar refractivity (Wildman–Crippen MR) is 81.0 cm³/mol. The van der Waals surface area contributed by atoms with Crippen molar-refractivity contribution in [2.75, 3.05) is 0 Å². The number of hydrogen-bond acceptors (Lipinski definition) is 1. The molecule has 2 aliphatic carbocycles. The van der Waals surface area contributed by atoms with Crippen molar-refractivity contribution in [3.63, 3.8) is 0 Å². The minimum Gasteiger partial charge on any atom is -0.546 e. The van der Waals surface area contributed by atoms with E-state index in [1.807, 2.05) is 0 Å².